The monoisotopic (exact) mass is 398 g/mol. The number of nitrogens with zero attached hydrogens (tertiary/aromatic N) is 4. The van der Waals surface area contributed by atoms with Crippen LogP contribution in [0, 0.1) is 10.1 Å². The molecule has 1 aromatic heterocycles. The Bertz CT molecular complexity index is 892. The summed E-state index contributed by atoms with van der Waals surface area (Å²) in [6.07, 6.45) is 1.51. The van der Waals surface area contributed by atoms with Crippen LogP contribution in [0.15, 0.2) is 27.6 Å². The van der Waals surface area contributed by atoms with Gasteiger partial charge in [-0.15, -0.1) is 0 Å². The number of ether oxygens (including phenoxy) is 1. The molecule has 0 saturated carbocycles. The van der Waals surface area contributed by atoms with Gasteiger partial charge in [-0.1, -0.05) is 25.9 Å². The highest BCUT2D eigenvalue weighted by Crippen LogP contribution is 2.31. The number of aryl methyl sites for hydroxylation is 1. The van der Waals surface area contributed by atoms with Crippen molar-refractivity contribution in [2.75, 3.05) is 13.1 Å². The minimum atomic E-state index is -3.81. The van der Waals surface area contributed by atoms with Crippen molar-refractivity contribution >= 4 is 15.7 Å². The third-order valence-corrected chi connectivity index (χ3v) is 5.85. The van der Waals surface area contributed by atoms with Gasteiger partial charge in [0.1, 0.15) is 0 Å². The third kappa shape index (κ3) is 4.80. The van der Waals surface area contributed by atoms with Gasteiger partial charge in [0.05, 0.1) is 9.82 Å². The van der Waals surface area contributed by atoms with Crippen LogP contribution in [0.4, 0.5) is 5.69 Å². The molecule has 0 aliphatic carbocycles. The van der Waals surface area contributed by atoms with Crippen LogP contribution in [0.1, 0.15) is 38.9 Å². The van der Waals surface area contributed by atoms with Crippen LogP contribution in [0.25, 0.3) is 0 Å². The summed E-state index contributed by atoms with van der Waals surface area (Å²) in [6.45, 7) is 5.75. The van der Waals surface area contributed by atoms with Crippen molar-refractivity contribution in [1.82, 2.24) is 14.4 Å². The van der Waals surface area contributed by atoms with Gasteiger partial charge in [-0.3, -0.25) is 10.1 Å². The van der Waals surface area contributed by atoms with E-state index in [2.05, 4.69) is 10.1 Å². The number of sulfonamides is 1. The summed E-state index contributed by atoms with van der Waals surface area (Å²) in [7, 11) is -3.81. The van der Waals surface area contributed by atoms with Crippen LogP contribution >= 0.6 is 0 Å². The predicted octanol–water partition coefficient (Wildman–Crippen LogP) is 2.54. The topological polar surface area (TPSA) is 129 Å². The molecule has 1 heterocycles. The summed E-state index contributed by atoms with van der Waals surface area (Å²) in [5.74, 6) is 0.646. The van der Waals surface area contributed by atoms with Gasteiger partial charge < -0.3 is 9.26 Å². The average Bonchev–Trinajstić information content (AvgIpc) is 3.08. The van der Waals surface area contributed by atoms with Gasteiger partial charge in [0.25, 0.3) is 5.89 Å². The predicted molar refractivity (Wildman–Crippen MR) is 95.8 cm³/mol. The maximum absolute atomic E-state index is 12.6. The van der Waals surface area contributed by atoms with E-state index in [4.69, 9.17) is 9.26 Å². The van der Waals surface area contributed by atoms with E-state index < -0.39 is 20.6 Å². The van der Waals surface area contributed by atoms with Crippen LogP contribution in [0.2, 0.25) is 0 Å². The van der Waals surface area contributed by atoms with E-state index in [0.29, 0.717) is 12.2 Å². The molecule has 0 atom stereocenters. The average molecular weight is 398 g/mol. The summed E-state index contributed by atoms with van der Waals surface area (Å²) < 4.78 is 36.8. The number of hydrogen-bond donors (Lipinski definition) is 0. The van der Waals surface area contributed by atoms with Gasteiger partial charge in [-0.05, 0) is 18.6 Å². The molecule has 0 amide bonds. The molecular formula is C16H22N4O6S. The summed E-state index contributed by atoms with van der Waals surface area (Å²) in [5, 5.41) is 15.2. The molecule has 2 aromatic rings. The fraction of sp³-hybridized carbons (Fsp3) is 0.500. The smallest absolute Gasteiger partial charge is 0.312 e. The molecule has 0 aliphatic rings. The lowest BCUT2D eigenvalue weighted by molar-refractivity contribution is -0.386. The Balaban J connectivity index is 2.26. The molecule has 0 aliphatic heterocycles. The molecule has 0 N–H and O–H groups in total. The Morgan fingerprint density at radius 1 is 1.26 bits per heavy atom. The highest BCUT2D eigenvalue weighted by atomic mass is 32.2. The fourth-order valence-corrected chi connectivity index (χ4v) is 3.93. The number of benzene rings is 1. The first kappa shape index (κ1) is 20.8. The number of nitro groups is 1. The lowest BCUT2D eigenvalue weighted by Gasteiger charge is -2.18. The third-order valence-electron chi connectivity index (χ3n) is 3.81. The molecule has 27 heavy (non-hydrogen) atoms. The van der Waals surface area contributed by atoms with Crippen molar-refractivity contribution in [3.63, 3.8) is 0 Å². The largest absolute Gasteiger partial charge is 0.477 e. The Labute approximate surface area is 157 Å². The zero-order chi connectivity index (χ0) is 20.0. The summed E-state index contributed by atoms with van der Waals surface area (Å²) in [4.78, 5) is 14.6. The van der Waals surface area contributed by atoms with E-state index in [0.717, 1.165) is 12.5 Å². The summed E-state index contributed by atoms with van der Waals surface area (Å²) in [5.41, 5.74) is -0.448. The van der Waals surface area contributed by atoms with Crippen molar-refractivity contribution in [2.45, 2.75) is 45.1 Å². The molecule has 2 rings (SSSR count). The summed E-state index contributed by atoms with van der Waals surface area (Å²) in [6, 6.07) is 3.55. The Morgan fingerprint density at radius 3 is 2.56 bits per heavy atom. The quantitative estimate of drug-likeness (QED) is 0.441. The molecule has 10 nitrogen and oxygen atoms in total. The van der Waals surface area contributed by atoms with E-state index in [1.807, 2.05) is 6.92 Å². The second-order valence-corrected chi connectivity index (χ2v) is 7.56. The van der Waals surface area contributed by atoms with E-state index in [1.165, 1.54) is 16.4 Å². The van der Waals surface area contributed by atoms with E-state index in [-0.39, 0.29) is 36.2 Å². The number of rotatable bonds is 10. The van der Waals surface area contributed by atoms with Gasteiger partial charge in [-0.25, -0.2) is 8.42 Å². The summed E-state index contributed by atoms with van der Waals surface area (Å²) >= 11 is 0. The number of nitro benzene ring substituents is 1. The highest BCUT2D eigenvalue weighted by Gasteiger charge is 2.26. The van der Waals surface area contributed by atoms with Crippen molar-refractivity contribution in [3.05, 3.63) is 40.0 Å². The molecule has 0 saturated heterocycles. The van der Waals surface area contributed by atoms with E-state index in [9.17, 15) is 18.5 Å². The molecule has 0 radical (unpaired) electrons. The van der Waals surface area contributed by atoms with Crippen LogP contribution in [-0.4, -0.2) is 40.9 Å². The van der Waals surface area contributed by atoms with Crippen LogP contribution in [0.3, 0.4) is 0 Å². The van der Waals surface area contributed by atoms with Gasteiger partial charge >= 0.3 is 5.69 Å². The van der Waals surface area contributed by atoms with Crippen molar-refractivity contribution in [1.29, 1.82) is 0 Å². The zero-order valence-electron chi connectivity index (χ0n) is 15.4. The lowest BCUT2D eigenvalue weighted by atomic mass is 10.3. The normalized spacial score (nSPS) is 11.7. The fourth-order valence-electron chi connectivity index (χ4n) is 2.45. The SMILES string of the molecule is CCCc1noc(COc2ccc(S(=O)(=O)N(CC)CC)cc2[N+](=O)[O-])n1. The zero-order valence-corrected chi connectivity index (χ0v) is 16.2. The molecular weight excluding hydrogens is 376 g/mol. The van der Waals surface area contributed by atoms with Crippen LogP contribution in [0.5, 0.6) is 5.75 Å². The van der Waals surface area contributed by atoms with Crippen molar-refractivity contribution in [3.8, 4) is 5.75 Å². The van der Waals surface area contributed by atoms with Crippen molar-refractivity contribution in [2.24, 2.45) is 0 Å². The number of hydrogen-bond acceptors (Lipinski definition) is 8. The molecule has 0 unspecified atom stereocenters. The molecule has 0 bridgehead atoms. The molecule has 1 aromatic carbocycles. The standard InChI is InChI=1S/C16H22N4O6S/c1-4-7-15-17-16(26-18-15)11-25-14-9-8-12(10-13(14)20(21)22)27(23,24)19(5-2)6-3/h8-10H,4-7,11H2,1-3H3. The lowest BCUT2D eigenvalue weighted by Crippen LogP contribution is -2.30. The minimum Gasteiger partial charge on any atom is -0.477 e. The maximum Gasteiger partial charge on any atom is 0.312 e. The van der Waals surface area contributed by atoms with E-state index in [1.54, 1.807) is 13.8 Å². The molecule has 0 spiro atoms. The first-order chi connectivity index (χ1) is 12.8. The van der Waals surface area contributed by atoms with Crippen molar-refractivity contribution < 1.29 is 22.6 Å². The number of aromatic nitrogens is 2. The highest BCUT2D eigenvalue weighted by molar-refractivity contribution is 7.89. The minimum absolute atomic E-state index is 0.0752. The first-order valence-corrected chi connectivity index (χ1v) is 10.00. The first-order valence-electron chi connectivity index (χ1n) is 8.56. The van der Waals surface area contributed by atoms with Gasteiger partial charge in [-0.2, -0.15) is 9.29 Å². The van der Waals surface area contributed by atoms with E-state index >= 15 is 0 Å². The second-order valence-electron chi connectivity index (χ2n) is 5.62. The molecule has 0 fully saturated rings. The van der Waals surface area contributed by atoms with Gasteiger partial charge in [0.15, 0.2) is 18.2 Å². The molecule has 11 heteroatoms. The van der Waals surface area contributed by atoms with Crippen LogP contribution in [-0.2, 0) is 23.1 Å². The Kier molecular flexibility index (Phi) is 6.86. The maximum atomic E-state index is 12.6. The van der Waals surface area contributed by atoms with Gasteiger partial charge in [0.2, 0.25) is 10.0 Å². The molecule has 148 valence electrons. The van der Waals surface area contributed by atoms with Crippen LogP contribution < -0.4 is 4.74 Å². The Morgan fingerprint density at radius 2 is 1.96 bits per heavy atom. The Hall–Kier alpha value is -2.53. The second kappa shape index (κ2) is 8.91. The van der Waals surface area contributed by atoms with Gasteiger partial charge in [0, 0.05) is 25.6 Å².